The Hall–Kier alpha value is -1.56. The monoisotopic (exact) mass is 311 g/mol. The first-order valence-electron chi connectivity index (χ1n) is 7.14. The lowest BCUT2D eigenvalue weighted by atomic mass is 10.0. The summed E-state index contributed by atoms with van der Waals surface area (Å²) < 4.78 is 31.9. The van der Waals surface area contributed by atoms with Gasteiger partial charge in [0.25, 0.3) is 5.91 Å². The van der Waals surface area contributed by atoms with E-state index in [1.165, 1.54) is 7.11 Å². The van der Waals surface area contributed by atoms with Gasteiger partial charge in [-0.1, -0.05) is 25.3 Å². The second-order valence-electron chi connectivity index (χ2n) is 5.44. The Kier molecular flexibility index (Phi) is 4.88. The molecule has 1 aromatic rings. The highest BCUT2D eigenvalue weighted by Gasteiger charge is 2.29. The molecule has 6 heteroatoms. The Balaban J connectivity index is 2.17. The highest BCUT2D eigenvalue weighted by atomic mass is 32.2. The number of methoxy groups -OCH3 is 1. The smallest absolute Gasteiger partial charge is 0.268 e. The zero-order valence-electron chi connectivity index (χ0n) is 12.4. The van der Waals surface area contributed by atoms with E-state index < -0.39 is 21.2 Å². The minimum Gasteiger partial charge on any atom is -0.496 e. The molecule has 0 saturated heterocycles. The number of hydrogen-bond acceptors (Lipinski definition) is 4. The van der Waals surface area contributed by atoms with Crippen LogP contribution in [0.4, 0.5) is 0 Å². The van der Waals surface area contributed by atoms with E-state index in [4.69, 9.17) is 4.74 Å². The number of hydrogen-bond donors (Lipinski definition) is 1. The van der Waals surface area contributed by atoms with Crippen LogP contribution in [-0.2, 0) is 10.0 Å². The molecule has 5 nitrogen and oxygen atoms in total. The third-order valence-corrected chi connectivity index (χ3v) is 5.65. The highest BCUT2D eigenvalue weighted by Crippen LogP contribution is 2.24. The van der Waals surface area contributed by atoms with Crippen molar-refractivity contribution in [1.29, 1.82) is 0 Å². The van der Waals surface area contributed by atoms with Gasteiger partial charge in [0.1, 0.15) is 5.75 Å². The van der Waals surface area contributed by atoms with Crippen LogP contribution in [0, 0.1) is 6.92 Å². The summed E-state index contributed by atoms with van der Waals surface area (Å²) in [4.78, 5) is 12.2. The van der Waals surface area contributed by atoms with Gasteiger partial charge in [-0.2, -0.15) is 0 Å². The summed E-state index contributed by atoms with van der Waals surface area (Å²) in [5.74, 6) is -0.247. The van der Waals surface area contributed by atoms with Crippen molar-refractivity contribution < 1.29 is 17.9 Å². The molecule has 1 aromatic carbocycles. The minimum absolute atomic E-state index is 0.238. The Bertz CT molecular complexity index is 619. The fraction of sp³-hybridized carbons (Fsp3) is 0.533. The Morgan fingerprint density at radius 1 is 1.24 bits per heavy atom. The SMILES string of the molecule is COc1cc(C)ccc1C(=O)NS(=O)(=O)C1CCCCC1. The Labute approximate surface area is 125 Å². The maximum Gasteiger partial charge on any atom is 0.268 e. The van der Waals surface area contributed by atoms with Crippen molar-refractivity contribution >= 4 is 15.9 Å². The Morgan fingerprint density at radius 2 is 1.90 bits per heavy atom. The van der Waals surface area contributed by atoms with Crippen molar-refractivity contribution in [1.82, 2.24) is 4.72 Å². The maximum atomic E-state index is 12.3. The quantitative estimate of drug-likeness (QED) is 0.926. The van der Waals surface area contributed by atoms with Crippen LogP contribution in [0.25, 0.3) is 0 Å². The van der Waals surface area contributed by atoms with Crippen molar-refractivity contribution in [2.75, 3.05) is 7.11 Å². The summed E-state index contributed by atoms with van der Waals surface area (Å²) in [5, 5.41) is -0.466. The van der Waals surface area contributed by atoms with Crippen LogP contribution in [0.1, 0.15) is 48.0 Å². The predicted molar refractivity (Wildman–Crippen MR) is 81.0 cm³/mol. The molecule has 0 spiro atoms. The average Bonchev–Trinajstić information content (AvgIpc) is 2.47. The third-order valence-electron chi connectivity index (χ3n) is 3.83. The number of aryl methyl sites for hydroxylation is 1. The third kappa shape index (κ3) is 3.75. The van der Waals surface area contributed by atoms with Gasteiger partial charge in [-0.25, -0.2) is 13.1 Å². The molecule has 2 rings (SSSR count). The minimum atomic E-state index is -3.62. The summed E-state index contributed by atoms with van der Waals surface area (Å²) in [5.41, 5.74) is 1.18. The topological polar surface area (TPSA) is 72.5 Å². The summed E-state index contributed by atoms with van der Waals surface area (Å²) >= 11 is 0. The molecule has 1 aliphatic rings. The van der Waals surface area contributed by atoms with Gasteiger partial charge in [-0.3, -0.25) is 4.79 Å². The van der Waals surface area contributed by atoms with Gasteiger partial charge < -0.3 is 4.74 Å². The summed E-state index contributed by atoms with van der Waals surface area (Å²) in [6.07, 6.45) is 4.09. The van der Waals surface area contributed by atoms with Crippen molar-refractivity contribution in [3.8, 4) is 5.75 Å². The summed E-state index contributed by atoms with van der Waals surface area (Å²) in [6.45, 7) is 1.88. The molecule has 21 heavy (non-hydrogen) atoms. The second-order valence-corrected chi connectivity index (χ2v) is 7.40. The van der Waals surface area contributed by atoms with Crippen molar-refractivity contribution in [3.63, 3.8) is 0 Å². The fourth-order valence-corrected chi connectivity index (χ4v) is 4.12. The van der Waals surface area contributed by atoms with E-state index >= 15 is 0 Å². The molecule has 0 bridgehead atoms. The van der Waals surface area contributed by atoms with Gasteiger partial charge in [0.05, 0.1) is 17.9 Å². The lowest BCUT2D eigenvalue weighted by Gasteiger charge is -2.22. The number of amides is 1. The number of ether oxygens (including phenoxy) is 1. The maximum absolute atomic E-state index is 12.3. The van der Waals surface area contributed by atoms with Crippen LogP contribution in [0.15, 0.2) is 18.2 Å². The molecule has 1 N–H and O–H groups in total. The van der Waals surface area contributed by atoms with Gasteiger partial charge in [-0.15, -0.1) is 0 Å². The summed E-state index contributed by atoms with van der Waals surface area (Å²) in [7, 11) is -2.16. The van der Waals surface area contributed by atoms with Crippen LogP contribution < -0.4 is 9.46 Å². The van der Waals surface area contributed by atoms with E-state index in [2.05, 4.69) is 4.72 Å². The number of nitrogens with one attached hydrogen (secondary N) is 1. The standard InChI is InChI=1S/C15H21NO4S/c1-11-8-9-13(14(10-11)20-2)15(17)16-21(18,19)12-6-4-3-5-7-12/h8-10,12H,3-7H2,1-2H3,(H,16,17). The normalized spacial score (nSPS) is 16.5. The second kappa shape index (κ2) is 6.47. The molecule has 1 saturated carbocycles. The number of benzene rings is 1. The van der Waals surface area contributed by atoms with Gasteiger partial charge in [0.2, 0.25) is 10.0 Å². The molecule has 1 fully saturated rings. The lowest BCUT2D eigenvalue weighted by Crippen LogP contribution is -2.39. The van der Waals surface area contributed by atoms with E-state index in [0.717, 1.165) is 24.8 Å². The number of carbonyl (C=O) groups is 1. The van der Waals surface area contributed by atoms with Crippen LogP contribution >= 0.6 is 0 Å². The highest BCUT2D eigenvalue weighted by molar-refractivity contribution is 7.90. The molecular weight excluding hydrogens is 290 g/mol. The van der Waals surface area contributed by atoms with Crippen molar-refractivity contribution in [3.05, 3.63) is 29.3 Å². The van der Waals surface area contributed by atoms with Crippen LogP contribution in [0.3, 0.4) is 0 Å². The van der Waals surface area contributed by atoms with Crippen molar-refractivity contribution in [2.45, 2.75) is 44.3 Å². The van der Waals surface area contributed by atoms with Gasteiger partial charge in [-0.05, 0) is 37.5 Å². The largest absolute Gasteiger partial charge is 0.496 e. The van der Waals surface area contributed by atoms with Crippen molar-refractivity contribution in [2.24, 2.45) is 0 Å². The van der Waals surface area contributed by atoms with Gasteiger partial charge in [0.15, 0.2) is 0 Å². The zero-order valence-corrected chi connectivity index (χ0v) is 13.2. The molecular formula is C15H21NO4S. The van der Waals surface area contributed by atoms with Crippen LogP contribution in [-0.4, -0.2) is 26.7 Å². The van der Waals surface area contributed by atoms with E-state index in [-0.39, 0.29) is 5.56 Å². The van der Waals surface area contributed by atoms with E-state index in [1.807, 2.05) is 6.92 Å². The number of sulfonamides is 1. The number of rotatable bonds is 4. The first-order chi connectivity index (χ1) is 9.94. The Morgan fingerprint density at radius 3 is 2.52 bits per heavy atom. The molecule has 1 amide bonds. The van der Waals surface area contributed by atoms with Gasteiger partial charge in [0, 0.05) is 0 Å². The molecule has 0 radical (unpaired) electrons. The first kappa shape index (κ1) is 15.8. The molecule has 0 heterocycles. The average molecular weight is 311 g/mol. The molecule has 116 valence electrons. The predicted octanol–water partition coefficient (Wildman–Crippen LogP) is 2.40. The van der Waals surface area contributed by atoms with E-state index in [1.54, 1.807) is 18.2 Å². The number of carbonyl (C=O) groups excluding carboxylic acids is 1. The fourth-order valence-electron chi connectivity index (χ4n) is 2.63. The van der Waals surface area contributed by atoms with E-state index in [9.17, 15) is 13.2 Å². The molecule has 0 aliphatic heterocycles. The molecule has 0 unspecified atom stereocenters. The van der Waals surface area contributed by atoms with Crippen LogP contribution in [0.5, 0.6) is 5.75 Å². The molecule has 0 aromatic heterocycles. The zero-order chi connectivity index (χ0) is 15.5. The van der Waals surface area contributed by atoms with E-state index in [0.29, 0.717) is 18.6 Å². The van der Waals surface area contributed by atoms with Crippen LogP contribution in [0.2, 0.25) is 0 Å². The summed E-state index contributed by atoms with van der Waals surface area (Å²) in [6, 6.07) is 5.05. The molecule has 1 aliphatic carbocycles. The molecule has 0 atom stereocenters. The lowest BCUT2D eigenvalue weighted by molar-refractivity contribution is 0.0978. The first-order valence-corrected chi connectivity index (χ1v) is 8.69. The van der Waals surface area contributed by atoms with Gasteiger partial charge >= 0.3 is 0 Å².